The highest BCUT2D eigenvalue weighted by Crippen LogP contribution is 2.31. The average molecular weight is 445 g/mol. The molecule has 0 spiro atoms. The number of aliphatic hydroxyl groups is 1. The van der Waals surface area contributed by atoms with E-state index in [4.69, 9.17) is 0 Å². The Morgan fingerprint density at radius 3 is 2.40 bits per heavy atom. The van der Waals surface area contributed by atoms with E-state index in [1.807, 2.05) is 24.3 Å². The largest absolute Gasteiger partial charge is 0.384 e. The Morgan fingerprint density at radius 2 is 1.75 bits per heavy atom. The number of hydrogen-bond donors (Lipinski definition) is 1. The van der Waals surface area contributed by atoms with Crippen LogP contribution in [0.15, 0.2) is 40.9 Å². The van der Waals surface area contributed by atoms with Crippen molar-refractivity contribution >= 4 is 38.5 Å². The summed E-state index contributed by atoms with van der Waals surface area (Å²) >= 11 is 5.80. The molecule has 0 fully saturated rings. The van der Waals surface area contributed by atoms with Gasteiger partial charge in [0.15, 0.2) is 0 Å². The van der Waals surface area contributed by atoms with Crippen LogP contribution in [0, 0.1) is 3.57 Å². The first kappa shape index (κ1) is 16.0. The fraction of sp³-hybridized carbons (Fsp3) is 0.294. The normalized spacial score (nSPS) is 12.4. The Balaban J connectivity index is 2.42. The van der Waals surface area contributed by atoms with Crippen LogP contribution in [-0.2, 0) is 12.8 Å². The lowest BCUT2D eigenvalue weighted by Gasteiger charge is -2.16. The van der Waals surface area contributed by atoms with E-state index in [9.17, 15) is 5.11 Å². The van der Waals surface area contributed by atoms with Gasteiger partial charge in [-0.2, -0.15) is 0 Å². The van der Waals surface area contributed by atoms with Gasteiger partial charge < -0.3 is 5.11 Å². The summed E-state index contributed by atoms with van der Waals surface area (Å²) < 4.78 is 2.07. The van der Waals surface area contributed by atoms with E-state index >= 15 is 0 Å². The third kappa shape index (κ3) is 3.43. The smallest absolute Gasteiger partial charge is 0.105 e. The molecule has 2 rings (SSSR count). The van der Waals surface area contributed by atoms with Gasteiger partial charge in [0.1, 0.15) is 6.10 Å². The number of hydrogen-bond acceptors (Lipinski definition) is 1. The van der Waals surface area contributed by atoms with Crippen LogP contribution in [0.1, 0.15) is 42.2 Å². The lowest BCUT2D eigenvalue weighted by atomic mass is 9.95. The Hall–Kier alpha value is -0.390. The molecule has 1 nitrogen and oxygen atoms in total. The number of aryl methyl sites for hydroxylation is 2. The summed E-state index contributed by atoms with van der Waals surface area (Å²) in [6.45, 7) is 4.33. The highest BCUT2D eigenvalue weighted by molar-refractivity contribution is 14.1. The van der Waals surface area contributed by atoms with Crippen molar-refractivity contribution in [1.82, 2.24) is 0 Å². The summed E-state index contributed by atoms with van der Waals surface area (Å²) in [6, 6.07) is 12.3. The topological polar surface area (TPSA) is 20.2 Å². The zero-order chi connectivity index (χ0) is 14.7. The Morgan fingerprint density at radius 1 is 1.05 bits per heavy atom. The van der Waals surface area contributed by atoms with Crippen molar-refractivity contribution in [2.75, 3.05) is 0 Å². The maximum atomic E-state index is 10.6. The molecular weight excluding hydrogens is 427 g/mol. The SMILES string of the molecule is CCc1ccc(C(O)c2cc(I)ccc2Br)cc1CC. The van der Waals surface area contributed by atoms with Crippen molar-refractivity contribution in [3.63, 3.8) is 0 Å². The van der Waals surface area contributed by atoms with E-state index < -0.39 is 6.10 Å². The molecule has 3 heteroatoms. The minimum Gasteiger partial charge on any atom is -0.384 e. The first-order valence-electron chi connectivity index (χ1n) is 6.81. The first-order chi connectivity index (χ1) is 9.56. The highest BCUT2D eigenvalue weighted by Gasteiger charge is 2.15. The minimum absolute atomic E-state index is 0.588. The van der Waals surface area contributed by atoms with Crippen LogP contribution < -0.4 is 0 Å². The zero-order valence-electron chi connectivity index (χ0n) is 11.7. The summed E-state index contributed by atoms with van der Waals surface area (Å²) in [6.07, 6.45) is 1.44. The van der Waals surface area contributed by atoms with Crippen molar-refractivity contribution in [1.29, 1.82) is 0 Å². The van der Waals surface area contributed by atoms with Gasteiger partial charge in [-0.15, -0.1) is 0 Å². The Kier molecular flexibility index (Phi) is 5.64. The maximum absolute atomic E-state index is 10.6. The second kappa shape index (κ2) is 7.05. The van der Waals surface area contributed by atoms with Crippen molar-refractivity contribution in [2.45, 2.75) is 32.8 Å². The summed E-state index contributed by atoms with van der Waals surface area (Å²) in [7, 11) is 0. The van der Waals surface area contributed by atoms with E-state index in [1.54, 1.807) is 0 Å². The number of aliphatic hydroxyl groups excluding tert-OH is 1. The highest BCUT2D eigenvalue weighted by atomic mass is 127. The van der Waals surface area contributed by atoms with Gasteiger partial charge in [0, 0.05) is 13.6 Å². The van der Waals surface area contributed by atoms with Crippen molar-refractivity contribution in [3.8, 4) is 0 Å². The van der Waals surface area contributed by atoms with E-state index in [2.05, 4.69) is 64.5 Å². The molecule has 0 saturated carbocycles. The van der Waals surface area contributed by atoms with Crippen LogP contribution in [-0.4, -0.2) is 5.11 Å². The van der Waals surface area contributed by atoms with Crippen LogP contribution in [0.2, 0.25) is 0 Å². The summed E-state index contributed by atoms with van der Waals surface area (Å²) in [5.41, 5.74) is 4.57. The third-order valence-corrected chi connectivity index (χ3v) is 4.95. The first-order valence-corrected chi connectivity index (χ1v) is 8.68. The van der Waals surface area contributed by atoms with Crippen LogP contribution in [0.4, 0.5) is 0 Å². The van der Waals surface area contributed by atoms with E-state index in [0.29, 0.717) is 0 Å². The molecule has 20 heavy (non-hydrogen) atoms. The van der Waals surface area contributed by atoms with Crippen molar-refractivity contribution in [2.24, 2.45) is 0 Å². The quantitative estimate of drug-likeness (QED) is 0.637. The van der Waals surface area contributed by atoms with Crippen molar-refractivity contribution < 1.29 is 5.11 Å². The summed E-state index contributed by atoms with van der Waals surface area (Å²) in [4.78, 5) is 0. The molecule has 1 N–H and O–H groups in total. The Labute approximate surface area is 142 Å². The molecule has 0 aliphatic carbocycles. The molecule has 0 radical (unpaired) electrons. The van der Waals surface area contributed by atoms with E-state index in [-0.39, 0.29) is 0 Å². The molecule has 1 unspecified atom stereocenters. The van der Waals surface area contributed by atoms with Crippen molar-refractivity contribution in [3.05, 3.63) is 66.7 Å². The van der Waals surface area contributed by atoms with Gasteiger partial charge in [0.25, 0.3) is 0 Å². The molecule has 0 aromatic heterocycles. The molecular formula is C17H18BrIO. The van der Waals surface area contributed by atoms with Gasteiger partial charge >= 0.3 is 0 Å². The van der Waals surface area contributed by atoms with Gasteiger partial charge in [-0.1, -0.05) is 48.0 Å². The fourth-order valence-electron chi connectivity index (χ4n) is 2.39. The molecule has 0 aliphatic heterocycles. The second-order valence-electron chi connectivity index (χ2n) is 4.80. The minimum atomic E-state index is -0.588. The lowest BCUT2D eigenvalue weighted by Crippen LogP contribution is -2.03. The lowest BCUT2D eigenvalue weighted by molar-refractivity contribution is 0.219. The predicted octanol–water partition coefficient (Wildman–Crippen LogP) is 5.26. The molecule has 0 saturated heterocycles. The van der Waals surface area contributed by atoms with Gasteiger partial charge in [-0.3, -0.25) is 0 Å². The summed E-state index contributed by atoms with van der Waals surface area (Å²) in [5, 5.41) is 10.6. The standard InChI is InChI=1S/C17H18BrIO/c1-3-11-5-6-13(9-12(11)4-2)17(20)15-10-14(19)7-8-16(15)18/h5-10,17,20H,3-4H2,1-2H3. The molecule has 106 valence electrons. The average Bonchev–Trinajstić information content (AvgIpc) is 2.48. The van der Waals surface area contributed by atoms with Gasteiger partial charge in [-0.05, 0) is 70.3 Å². The number of halogens is 2. The monoisotopic (exact) mass is 444 g/mol. The molecule has 0 bridgehead atoms. The van der Waals surface area contributed by atoms with E-state index in [1.165, 1.54) is 11.1 Å². The molecule has 0 amide bonds. The van der Waals surface area contributed by atoms with Crippen LogP contribution >= 0.6 is 38.5 Å². The molecule has 2 aromatic carbocycles. The molecule has 0 aliphatic rings. The number of benzene rings is 2. The van der Waals surface area contributed by atoms with Crippen LogP contribution in [0.5, 0.6) is 0 Å². The van der Waals surface area contributed by atoms with E-state index in [0.717, 1.165) is 32.0 Å². The molecule has 0 heterocycles. The zero-order valence-corrected chi connectivity index (χ0v) is 15.4. The summed E-state index contributed by atoms with van der Waals surface area (Å²) in [5.74, 6) is 0. The van der Waals surface area contributed by atoms with Gasteiger partial charge in [-0.25, -0.2) is 0 Å². The molecule has 2 aromatic rings. The van der Waals surface area contributed by atoms with Crippen LogP contribution in [0.3, 0.4) is 0 Å². The second-order valence-corrected chi connectivity index (χ2v) is 6.90. The van der Waals surface area contributed by atoms with Gasteiger partial charge in [0.2, 0.25) is 0 Å². The fourth-order valence-corrected chi connectivity index (χ4v) is 3.37. The maximum Gasteiger partial charge on any atom is 0.105 e. The third-order valence-electron chi connectivity index (χ3n) is 3.56. The predicted molar refractivity (Wildman–Crippen MR) is 96.1 cm³/mol. The number of rotatable bonds is 4. The van der Waals surface area contributed by atoms with Crippen LogP contribution in [0.25, 0.3) is 0 Å². The Bertz CT molecular complexity index is 610. The van der Waals surface area contributed by atoms with Gasteiger partial charge in [0.05, 0.1) is 0 Å². The molecule has 1 atom stereocenters.